The number of para-hydroxylation sites is 1. The van der Waals surface area contributed by atoms with E-state index in [9.17, 15) is 4.79 Å². The van der Waals surface area contributed by atoms with Crippen LogP contribution < -0.4 is 20.8 Å². The average molecular weight is 476 g/mol. The van der Waals surface area contributed by atoms with Crippen molar-refractivity contribution in [2.24, 2.45) is 0 Å². The number of nitrogens with zero attached hydrogens (tertiary/aromatic N) is 1. The fraction of sp³-hybridized carbons (Fsp3) is 0.0323. The number of carbonyl (C=O) groups excluding carboxylic acids is 1. The Bertz CT molecular complexity index is 1310. The van der Waals surface area contributed by atoms with Gasteiger partial charge in [0.1, 0.15) is 5.76 Å². The summed E-state index contributed by atoms with van der Waals surface area (Å²) in [6.45, 7) is -2.07. The molecule has 0 atom stereocenters. The maximum atomic E-state index is 14.3. The summed E-state index contributed by atoms with van der Waals surface area (Å²) in [5.74, 6) is 2.64. The van der Waals surface area contributed by atoms with Crippen LogP contribution >= 0.6 is 6.89 Å². The SMILES string of the molecule is O=C(C=P(c1ccccc1)(c1ccccc1)c1ccccc1)N(Cc1ccco1)c1ccccc1. The van der Waals surface area contributed by atoms with Crippen LogP contribution in [0, 0.1) is 0 Å². The van der Waals surface area contributed by atoms with E-state index >= 15 is 0 Å². The highest BCUT2D eigenvalue weighted by Crippen LogP contribution is 2.43. The van der Waals surface area contributed by atoms with Crippen molar-refractivity contribution in [2.75, 3.05) is 4.90 Å². The lowest BCUT2D eigenvalue weighted by atomic mass is 10.2. The van der Waals surface area contributed by atoms with Crippen molar-refractivity contribution in [1.82, 2.24) is 0 Å². The Labute approximate surface area is 206 Å². The molecule has 4 aromatic carbocycles. The molecule has 0 aliphatic carbocycles. The number of anilines is 1. The molecule has 0 bridgehead atoms. The Morgan fingerprint density at radius 2 is 1.09 bits per heavy atom. The van der Waals surface area contributed by atoms with E-state index in [0.29, 0.717) is 6.54 Å². The molecule has 0 fully saturated rings. The highest BCUT2D eigenvalue weighted by molar-refractivity contribution is 7.95. The van der Waals surface area contributed by atoms with Gasteiger partial charge in [0.2, 0.25) is 0 Å². The Kier molecular flexibility index (Phi) is 6.79. The molecule has 172 valence electrons. The summed E-state index contributed by atoms with van der Waals surface area (Å²) >= 11 is 0. The topological polar surface area (TPSA) is 33.5 Å². The van der Waals surface area contributed by atoms with Gasteiger partial charge in [0.25, 0.3) is 5.91 Å². The van der Waals surface area contributed by atoms with E-state index in [0.717, 1.165) is 27.4 Å². The van der Waals surface area contributed by atoms with Gasteiger partial charge >= 0.3 is 0 Å². The Balaban J connectivity index is 1.76. The van der Waals surface area contributed by atoms with E-state index in [1.54, 1.807) is 11.2 Å². The lowest BCUT2D eigenvalue weighted by Gasteiger charge is -2.30. The maximum absolute atomic E-state index is 14.3. The molecule has 1 aromatic heterocycles. The number of hydrogen-bond acceptors (Lipinski definition) is 2. The van der Waals surface area contributed by atoms with Gasteiger partial charge in [-0.3, -0.25) is 4.79 Å². The van der Waals surface area contributed by atoms with Crippen LogP contribution in [0.25, 0.3) is 0 Å². The molecule has 0 N–H and O–H groups in total. The monoisotopic (exact) mass is 475 g/mol. The van der Waals surface area contributed by atoms with Crippen LogP contribution in [0.5, 0.6) is 0 Å². The van der Waals surface area contributed by atoms with Crippen LogP contribution in [0.15, 0.2) is 144 Å². The van der Waals surface area contributed by atoms with Gasteiger partial charge in [0.05, 0.1) is 12.8 Å². The molecule has 0 saturated heterocycles. The molecule has 4 heteroatoms. The zero-order chi connectivity index (χ0) is 23.9. The smallest absolute Gasteiger partial charge is 0.252 e. The van der Waals surface area contributed by atoms with E-state index in [1.807, 2.05) is 103 Å². The first kappa shape index (κ1) is 22.7. The second-order valence-corrected chi connectivity index (χ2v) is 11.5. The summed E-state index contributed by atoms with van der Waals surface area (Å²) in [4.78, 5) is 16.1. The van der Waals surface area contributed by atoms with Gasteiger partial charge in [0.15, 0.2) is 0 Å². The summed E-state index contributed by atoms with van der Waals surface area (Å²) in [6.07, 6.45) is 1.64. The number of benzene rings is 4. The Morgan fingerprint density at radius 3 is 1.51 bits per heavy atom. The summed E-state index contributed by atoms with van der Waals surface area (Å²) in [5.41, 5.74) is 0.831. The number of carbonyl (C=O) groups is 1. The third-order valence-corrected chi connectivity index (χ3v) is 9.97. The van der Waals surface area contributed by atoms with Crippen molar-refractivity contribution < 1.29 is 9.21 Å². The molecule has 0 radical (unpaired) electrons. The Hall–Kier alpha value is -4.07. The number of furan rings is 1. The van der Waals surface area contributed by atoms with Crippen LogP contribution in [0.3, 0.4) is 0 Å². The van der Waals surface area contributed by atoms with Gasteiger partial charge in [-0.1, -0.05) is 109 Å². The predicted octanol–water partition coefficient (Wildman–Crippen LogP) is 5.61. The molecule has 3 nitrogen and oxygen atoms in total. The minimum Gasteiger partial charge on any atom is -0.467 e. The van der Waals surface area contributed by atoms with Crippen LogP contribution in [0.1, 0.15) is 5.76 Å². The normalized spacial score (nSPS) is 11.1. The minimum absolute atomic E-state index is 0.0579. The summed E-state index contributed by atoms with van der Waals surface area (Å²) < 4.78 is 5.62. The lowest BCUT2D eigenvalue weighted by molar-refractivity contribution is -0.112. The van der Waals surface area contributed by atoms with Crippen molar-refractivity contribution in [1.29, 1.82) is 0 Å². The molecule has 0 saturated carbocycles. The van der Waals surface area contributed by atoms with E-state index in [-0.39, 0.29) is 5.91 Å². The van der Waals surface area contributed by atoms with E-state index in [4.69, 9.17) is 4.42 Å². The first-order chi connectivity index (χ1) is 17.3. The van der Waals surface area contributed by atoms with E-state index in [1.165, 1.54) is 0 Å². The van der Waals surface area contributed by atoms with Gasteiger partial charge in [-0.15, -0.1) is 0 Å². The minimum atomic E-state index is -2.42. The molecule has 35 heavy (non-hydrogen) atoms. The van der Waals surface area contributed by atoms with Crippen molar-refractivity contribution in [3.05, 3.63) is 145 Å². The van der Waals surface area contributed by atoms with Gasteiger partial charge in [0, 0.05) is 11.5 Å². The summed E-state index contributed by atoms with van der Waals surface area (Å²) in [6, 6.07) is 44.7. The zero-order valence-corrected chi connectivity index (χ0v) is 20.2. The molecule has 0 aliphatic rings. The van der Waals surface area contributed by atoms with Crippen molar-refractivity contribution in [3.8, 4) is 0 Å². The van der Waals surface area contributed by atoms with Crippen molar-refractivity contribution >= 4 is 40.2 Å². The van der Waals surface area contributed by atoms with Crippen molar-refractivity contribution in [3.63, 3.8) is 0 Å². The van der Waals surface area contributed by atoms with Crippen LogP contribution in [-0.4, -0.2) is 11.7 Å². The summed E-state index contributed by atoms with van der Waals surface area (Å²) in [5, 5.41) is 3.41. The van der Waals surface area contributed by atoms with Gasteiger partial charge < -0.3 is 9.32 Å². The van der Waals surface area contributed by atoms with Crippen LogP contribution in [0.2, 0.25) is 0 Å². The van der Waals surface area contributed by atoms with Gasteiger partial charge in [-0.25, -0.2) is 0 Å². The predicted molar refractivity (Wildman–Crippen MR) is 148 cm³/mol. The second kappa shape index (κ2) is 10.5. The molecule has 0 unspecified atom stereocenters. The Morgan fingerprint density at radius 1 is 0.629 bits per heavy atom. The van der Waals surface area contributed by atoms with Gasteiger partial charge in [-0.05, 0) is 47.1 Å². The molecule has 1 heterocycles. The average Bonchev–Trinajstić information content (AvgIpc) is 3.46. The third kappa shape index (κ3) is 4.77. The fourth-order valence-corrected chi connectivity index (χ4v) is 8.10. The largest absolute Gasteiger partial charge is 0.467 e. The first-order valence-corrected chi connectivity index (χ1v) is 13.4. The molecular weight excluding hydrogens is 449 g/mol. The van der Waals surface area contributed by atoms with E-state index < -0.39 is 6.89 Å². The number of hydrogen-bond donors (Lipinski definition) is 0. The quantitative estimate of drug-likeness (QED) is 0.287. The molecular formula is C31H26NO2P. The molecule has 5 rings (SSSR count). The molecule has 5 aromatic rings. The highest BCUT2D eigenvalue weighted by Gasteiger charge is 2.28. The third-order valence-electron chi connectivity index (χ3n) is 6.02. The number of amides is 1. The second-order valence-electron chi connectivity index (χ2n) is 8.20. The maximum Gasteiger partial charge on any atom is 0.252 e. The van der Waals surface area contributed by atoms with Crippen LogP contribution in [-0.2, 0) is 11.3 Å². The molecule has 1 amide bonds. The molecule has 0 aliphatic heterocycles. The number of rotatable bonds is 7. The standard InChI is InChI=1S/C31H26NO2P/c33-31(32(24-27-16-13-23-34-27)26-14-5-1-6-15-26)25-35(28-17-7-2-8-18-28,29-19-9-3-10-20-29)30-21-11-4-12-22-30/h1-23,25H,24H2. The fourth-order valence-electron chi connectivity index (χ4n) is 4.36. The highest BCUT2D eigenvalue weighted by atomic mass is 31.2. The molecule has 0 spiro atoms. The zero-order valence-electron chi connectivity index (χ0n) is 19.3. The van der Waals surface area contributed by atoms with Gasteiger partial charge in [-0.2, -0.15) is 0 Å². The van der Waals surface area contributed by atoms with E-state index in [2.05, 4.69) is 36.4 Å². The summed E-state index contributed by atoms with van der Waals surface area (Å²) in [7, 11) is 0. The van der Waals surface area contributed by atoms with Crippen molar-refractivity contribution in [2.45, 2.75) is 6.54 Å². The first-order valence-electron chi connectivity index (χ1n) is 11.6. The lowest BCUT2D eigenvalue weighted by Crippen LogP contribution is -2.35. The van der Waals surface area contributed by atoms with Crippen LogP contribution in [0.4, 0.5) is 5.69 Å².